The van der Waals surface area contributed by atoms with Crippen LogP contribution in [-0.2, 0) is 4.79 Å². The molecule has 1 saturated carbocycles. The summed E-state index contributed by atoms with van der Waals surface area (Å²) in [4.78, 5) is 12.3. The molecule has 1 N–H and O–H groups in total. The number of aryl methyl sites for hydroxylation is 1. The minimum Gasteiger partial charge on any atom is -0.352 e. The lowest BCUT2D eigenvalue weighted by molar-refractivity contribution is -0.119. The third-order valence-corrected chi connectivity index (χ3v) is 5.53. The summed E-state index contributed by atoms with van der Waals surface area (Å²) in [6, 6.07) is 10.3. The van der Waals surface area contributed by atoms with Crippen LogP contribution in [0.3, 0.4) is 0 Å². The Bertz CT molecular complexity index is 686. The van der Waals surface area contributed by atoms with Gasteiger partial charge in [-0.3, -0.25) is 9.36 Å². The first-order valence-electron chi connectivity index (χ1n) is 8.55. The molecule has 0 aliphatic heterocycles. The molecular formula is C18H24N4OS. The molecule has 0 bridgehead atoms. The second-order valence-electron chi connectivity index (χ2n) is 6.43. The van der Waals surface area contributed by atoms with Gasteiger partial charge in [0.15, 0.2) is 5.16 Å². The van der Waals surface area contributed by atoms with E-state index >= 15 is 0 Å². The summed E-state index contributed by atoms with van der Waals surface area (Å²) in [5.41, 5.74) is 1.02. The standard InChI is InChI=1S/C18H24N4OS/c1-13-8-6-7-11-16(13)19-17(23)12-24-18-21-20-14(2)22(18)15-9-4-3-5-10-15/h3-5,9-10,13,16H,6-8,11-12H2,1-2H3,(H,19,23)/t13-,16+/m0/s1. The second kappa shape index (κ2) is 7.83. The summed E-state index contributed by atoms with van der Waals surface area (Å²) >= 11 is 1.44. The average Bonchev–Trinajstić information content (AvgIpc) is 2.96. The summed E-state index contributed by atoms with van der Waals surface area (Å²) in [6.45, 7) is 4.15. The van der Waals surface area contributed by atoms with Crippen molar-refractivity contribution < 1.29 is 4.79 Å². The van der Waals surface area contributed by atoms with Crippen molar-refractivity contribution in [1.29, 1.82) is 0 Å². The van der Waals surface area contributed by atoms with E-state index in [2.05, 4.69) is 22.4 Å². The fourth-order valence-corrected chi connectivity index (χ4v) is 4.03. The number of carbonyl (C=O) groups excluding carboxylic acids is 1. The maximum Gasteiger partial charge on any atom is 0.230 e. The molecule has 1 heterocycles. The molecule has 3 rings (SSSR count). The Labute approximate surface area is 147 Å². The van der Waals surface area contributed by atoms with Crippen LogP contribution in [0.15, 0.2) is 35.5 Å². The van der Waals surface area contributed by atoms with Gasteiger partial charge in [0.25, 0.3) is 0 Å². The number of nitrogens with one attached hydrogen (secondary N) is 1. The van der Waals surface area contributed by atoms with E-state index in [1.807, 2.05) is 41.8 Å². The number of benzene rings is 1. The fourth-order valence-electron chi connectivity index (χ4n) is 3.22. The van der Waals surface area contributed by atoms with Gasteiger partial charge in [0.1, 0.15) is 5.82 Å². The summed E-state index contributed by atoms with van der Waals surface area (Å²) in [5, 5.41) is 12.3. The van der Waals surface area contributed by atoms with Crippen LogP contribution in [0, 0.1) is 12.8 Å². The van der Waals surface area contributed by atoms with E-state index in [4.69, 9.17) is 0 Å². The van der Waals surface area contributed by atoms with Gasteiger partial charge in [-0.15, -0.1) is 10.2 Å². The Balaban J connectivity index is 1.62. The van der Waals surface area contributed by atoms with Crippen molar-refractivity contribution in [2.75, 3.05) is 5.75 Å². The molecule has 6 heteroatoms. The molecule has 0 spiro atoms. The van der Waals surface area contributed by atoms with Gasteiger partial charge >= 0.3 is 0 Å². The first-order chi connectivity index (χ1) is 11.6. The van der Waals surface area contributed by atoms with Gasteiger partial charge in [-0.2, -0.15) is 0 Å². The van der Waals surface area contributed by atoms with Crippen molar-refractivity contribution >= 4 is 17.7 Å². The number of hydrogen-bond acceptors (Lipinski definition) is 4. The summed E-state index contributed by atoms with van der Waals surface area (Å²) in [7, 11) is 0. The van der Waals surface area contributed by atoms with Crippen molar-refractivity contribution in [3.63, 3.8) is 0 Å². The monoisotopic (exact) mass is 344 g/mol. The maximum atomic E-state index is 12.3. The molecule has 1 amide bonds. The van der Waals surface area contributed by atoms with Crippen LogP contribution in [-0.4, -0.2) is 32.5 Å². The Hall–Kier alpha value is -1.82. The lowest BCUT2D eigenvalue weighted by atomic mass is 9.86. The third kappa shape index (κ3) is 3.98. The van der Waals surface area contributed by atoms with E-state index in [0.717, 1.165) is 23.1 Å². The number of rotatable bonds is 5. The van der Waals surface area contributed by atoms with Crippen molar-refractivity contribution in [2.24, 2.45) is 5.92 Å². The molecule has 128 valence electrons. The SMILES string of the molecule is Cc1nnc(SCC(=O)N[C@@H]2CCCC[C@@H]2C)n1-c1ccccc1. The highest BCUT2D eigenvalue weighted by atomic mass is 32.2. The number of hydrogen-bond donors (Lipinski definition) is 1. The van der Waals surface area contributed by atoms with E-state index in [-0.39, 0.29) is 5.91 Å². The predicted molar refractivity (Wildman–Crippen MR) is 96.4 cm³/mol. The molecule has 1 fully saturated rings. The number of nitrogens with zero attached hydrogens (tertiary/aromatic N) is 3. The van der Waals surface area contributed by atoms with Crippen molar-refractivity contribution in [3.05, 3.63) is 36.2 Å². The zero-order chi connectivity index (χ0) is 16.9. The molecule has 1 aromatic heterocycles. The molecule has 2 aromatic rings. The highest BCUT2D eigenvalue weighted by molar-refractivity contribution is 7.99. The minimum absolute atomic E-state index is 0.0824. The van der Waals surface area contributed by atoms with E-state index in [1.54, 1.807) is 0 Å². The first-order valence-corrected chi connectivity index (χ1v) is 9.53. The molecule has 24 heavy (non-hydrogen) atoms. The molecule has 2 atom stereocenters. The van der Waals surface area contributed by atoms with Crippen LogP contribution in [0.4, 0.5) is 0 Å². The Kier molecular flexibility index (Phi) is 5.56. The average molecular weight is 344 g/mol. The number of carbonyl (C=O) groups is 1. The molecule has 1 aliphatic carbocycles. The van der Waals surface area contributed by atoms with E-state index in [0.29, 0.717) is 17.7 Å². The maximum absolute atomic E-state index is 12.3. The first kappa shape index (κ1) is 17.0. The zero-order valence-electron chi connectivity index (χ0n) is 14.2. The summed E-state index contributed by atoms with van der Waals surface area (Å²) < 4.78 is 1.99. The molecular weight excluding hydrogens is 320 g/mol. The van der Waals surface area contributed by atoms with E-state index in [9.17, 15) is 4.79 Å². The lowest BCUT2D eigenvalue weighted by Gasteiger charge is -2.29. The minimum atomic E-state index is 0.0824. The van der Waals surface area contributed by atoms with Crippen LogP contribution in [0.25, 0.3) is 5.69 Å². The third-order valence-electron chi connectivity index (χ3n) is 4.60. The second-order valence-corrected chi connectivity index (χ2v) is 7.37. The van der Waals surface area contributed by atoms with Crippen molar-refractivity contribution in [1.82, 2.24) is 20.1 Å². The predicted octanol–water partition coefficient (Wildman–Crippen LogP) is 3.36. The molecule has 5 nitrogen and oxygen atoms in total. The summed E-state index contributed by atoms with van der Waals surface area (Å²) in [6.07, 6.45) is 4.79. The quantitative estimate of drug-likeness (QED) is 0.845. The topological polar surface area (TPSA) is 59.8 Å². The van der Waals surface area contributed by atoms with Gasteiger partial charge in [0.05, 0.1) is 5.75 Å². The van der Waals surface area contributed by atoms with Crippen LogP contribution in [0.1, 0.15) is 38.4 Å². The van der Waals surface area contributed by atoms with Gasteiger partial charge in [-0.05, 0) is 37.8 Å². The lowest BCUT2D eigenvalue weighted by Crippen LogP contribution is -2.41. The molecule has 0 saturated heterocycles. The Morgan fingerprint density at radius 2 is 2.00 bits per heavy atom. The van der Waals surface area contributed by atoms with Crippen molar-refractivity contribution in [3.8, 4) is 5.69 Å². The van der Waals surface area contributed by atoms with Gasteiger partial charge < -0.3 is 5.32 Å². The molecule has 0 unspecified atom stereocenters. The Morgan fingerprint density at radius 3 is 2.75 bits per heavy atom. The molecule has 1 aliphatic rings. The van der Waals surface area contributed by atoms with Crippen LogP contribution < -0.4 is 5.32 Å². The van der Waals surface area contributed by atoms with Crippen LogP contribution in [0.2, 0.25) is 0 Å². The number of aromatic nitrogens is 3. The van der Waals surface area contributed by atoms with E-state index in [1.165, 1.54) is 31.0 Å². The highest BCUT2D eigenvalue weighted by Crippen LogP contribution is 2.25. The number of para-hydroxylation sites is 1. The Morgan fingerprint density at radius 1 is 1.25 bits per heavy atom. The van der Waals surface area contributed by atoms with Gasteiger partial charge in [-0.1, -0.05) is 49.7 Å². The largest absolute Gasteiger partial charge is 0.352 e. The van der Waals surface area contributed by atoms with Crippen LogP contribution >= 0.6 is 11.8 Å². The van der Waals surface area contributed by atoms with Crippen molar-refractivity contribution in [2.45, 2.75) is 50.7 Å². The number of amides is 1. The highest BCUT2D eigenvalue weighted by Gasteiger charge is 2.23. The van der Waals surface area contributed by atoms with Gasteiger partial charge in [0, 0.05) is 11.7 Å². The normalized spacial score (nSPS) is 20.8. The number of thioether (sulfide) groups is 1. The van der Waals surface area contributed by atoms with E-state index < -0.39 is 0 Å². The summed E-state index contributed by atoms with van der Waals surface area (Å²) in [5.74, 6) is 1.85. The molecule has 1 aromatic carbocycles. The molecule has 0 radical (unpaired) electrons. The zero-order valence-corrected chi connectivity index (χ0v) is 15.1. The fraction of sp³-hybridized carbons (Fsp3) is 0.500. The van der Waals surface area contributed by atoms with Gasteiger partial charge in [-0.25, -0.2) is 0 Å². The van der Waals surface area contributed by atoms with Gasteiger partial charge in [0.2, 0.25) is 5.91 Å². The van der Waals surface area contributed by atoms with Crippen LogP contribution in [0.5, 0.6) is 0 Å². The smallest absolute Gasteiger partial charge is 0.230 e.